The summed E-state index contributed by atoms with van der Waals surface area (Å²) in [6.45, 7) is 0. The summed E-state index contributed by atoms with van der Waals surface area (Å²) in [5.41, 5.74) is 5.85. The van der Waals surface area contributed by atoms with E-state index in [2.05, 4.69) is 0 Å². The molecule has 4 rings (SSSR count). The molecule has 2 aliphatic carbocycles. The average Bonchev–Trinajstić information content (AvgIpc) is 2.98. The van der Waals surface area contributed by atoms with Crippen molar-refractivity contribution in [3.8, 4) is 6.07 Å². The van der Waals surface area contributed by atoms with Gasteiger partial charge in [0.05, 0.1) is 17.9 Å². The number of halogens is 3. The smallest absolute Gasteiger partial charge is 0.370 e. The highest BCUT2D eigenvalue weighted by Gasteiger charge is 2.60. The summed E-state index contributed by atoms with van der Waals surface area (Å²) < 4.78 is 40.6. The van der Waals surface area contributed by atoms with Crippen molar-refractivity contribution < 1.29 is 22.8 Å². The lowest BCUT2D eigenvalue weighted by Crippen LogP contribution is -2.55. The van der Waals surface area contributed by atoms with Gasteiger partial charge in [0, 0.05) is 17.8 Å². The Bertz CT molecular complexity index is 1100. The molecule has 1 saturated carbocycles. The van der Waals surface area contributed by atoms with Gasteiger partial charge in [-0.3, -0.25) is 14.5 Å². The van der Waals surface area contributed by atoms with Crippen molar-refractivity contribution in [2.45, 2.75) is 43.8 Å². The number of hydrogen-bond donors (Lipinski definition) is 1. The fraction of sp³-hybridized carbons (Fsp3) is 0.391. The molecule has 1 saturated heterocycles. The second-order valence-corrected chi connectivity index (χ2v) is 8.81. The van der Waals surface area contributed by atoms with Crippen molar-refractivity contribution in [3.63, 3.8) is 0 Å². The molecule has 33 heavy (non-hydrogen) atoms. The number of carbonyl (C=O) groups is 2. The molecule has 1 aromatic rings. The highest BCUT2D eigenvalue weighted by molar-refractivity contribution is 7.80. The zero-order valence-electron chi connectivity index (χ0n) is 17.5. The number of nitrogens with two attached hydrogens (primary N) is 1. The van der Waals surface area contributed by atoms with Crippen molar-refractivity contribution >= 4 is 34.8 Å². The molecule has 0 bridgehead atoms. The van der Waals surface area contributed by atoms with Crippen molar-refractivity contribution in [2.75, 3.05) is 4.90 Å². The van der Waals surface area contributed by atoms with Gasteiger partial charge >= 0.3 is 6.18 Å². The summed E-state index contributed by atoms with van der Waals surface area (Å²) in [6.07, 6.45) is 1.38. The highest BCUT2D eigenvalue weighted by Crippen LogP contribution is 2.48. The SMILES string of the molecule is N#CC1C=CC(N2C(=O)C3(CCC3)N(c3ccc(CCC(N)=O)cc3)C2=S)=CC1C(F)(F)F. The summed E-state index contributed by atoms with van der Waals surface area (Å²) in [6, 6.07) is 8.87. The van der Waals surface area contributed by atoms with Gasteiger partial charge in [-0.2, -0.15) is 18.4 Å². The number of carbonyl (C=O) groups excluding carboxylic acids is 2. The largest absolute Gasteiger partial charge is 0.396 e. The Labute approximate surface area is 194 Å². The number of rotatable bonds is 5. The van der Waals surface area contributed by atoms with E-state index < -0.39 is 29.5 Å². The molecule has 6 nitrogen and oxygen atoms in total. The predicted octanol–water partition coefficient (Wildman–Crippen LogP) is 3.73. The first-order valence-electron chi connectivity index (χ1n) is 10.5. The maximum atomic E-state index is 13.5. The van der Waals surface area contributed by atoms with Gasteiger partial charge in [0.15, 0.2) is 5.11 Å². The Morgan fingerprint density at radius 3 is 2.45 bits per heavy atom. The average molecular weight is 475 g/mol. The van der Waals surface area contributed by atoms with Crippen LogP contribution in [0.5, 0.6) is 0 Å². The van der Waals surface area contributed by atoms with E-state index in [-0.39, 0.29) is 23.1 Å². The van der Waals surface area contributed by atoms with Gasteiger partial charge in [-0.05, 0) is 67.7 Å². The third kappa shape index (κ3) is 3.91. The number of allylic oxidation sites excluding steroid dienone is 3. The minimum atomic E-state index is -4.63. The van der Waals surface area contributed by atoms with E-state index in [4.69, 9.17) is 23.2 Å². The Hall–Kier alpha value is -3.19. The van der Waals surface area contributed by atoms with Crippen molar-refractivity contribution in [3.05, 3.63) is 53.8 Å². The fourth-order valence-corrected chi connectivity index (χ4v) is 4.99. The molecule has 2 amide bonds. The number of anilines is 1. The quantitative estimate of drug-likeness (QED) is 0.657. The highest BCUT2D eigenvalue weighted by atomic mass is 32.1. The van der Waals surface area contributed by atoms with Crippen molar-refractivity contribution in [2.24, 2.45) is 17.6 Å². The molecule has 172 valence electrons. The van der Waals surface area contributed by atoms with Crippen LogP contribution in [0.15, 0.2) is 48.2 Å². The van der Waals surface area contributed by atoms with Gasteiger partial charge in [-0.1, -0.05) is 18.2 Å². The maximum Gasteiger partial charge on any atom is 0.396 e. The summed E-state index contributed by atoms with van der Waals surface area (Å²) in [5.74, 6) is -4.14. The fourth-order valence-electron chi connectivity index (χ4n) is 4.52. The van der Waals surface area contributed by atoms with Crippen molar-refractivity contribution in [1.29, 1.82) is 5.26 Å². The first-order valence-corrected chi connectivity index (χ1v) is 10.9. The number of aryl methyl sites for hydroxylation is 1. The van der Waals surface area contributed by atoms with E-state index in [0.717, 1.165) is 18.1 Å². The number of hydrogen-bond acceptors (Lipinski definition) is 4. The van der Waals surface area contributed by atoms with Gasteiger partial charge in [-0.15, -0.1) is 0 Å². The normalized spacial score (nSPS) is 24.0. The standard InChI is InChI=1S/C23H21F3N4O2S/c24-23(25,26)18-12-17(8-5-15(18)13-27)29-20(32)22(10-1-11-22)30(21(29)33)16-6-2-14(3-7-16)4-9-19(28)31/h2-3,5-8,12,15,18H,1,4,9-11H2,(H2,28,31). The zero-order chi connectivity index (χ0) is 24.0. The third-order valence-corrected chi connectivity index (χ3v) is 6.81. The van der Waals surface area contributed by atoms with E-state index in [9.17, 15) is 22.8 Å². The van der Waals surface area contributed by atoms with E-state index in [1.54, 1.807) is 23.1 Å². The van der Waals surface area contributed by atoms with Crippen LogP contribution in [0.25, 0.3) is 0 Å². The monoisotopic (exact) mass is 474 g/mol. The molecular formula is C23H21F3N4O2S. The minimum absolute atomic E-state index is 0.0330. The molecule has 0 aromatic heterocycles. The lowest BCUT2D eigenvalue weighted by atomic mass is 9.75. The van der Waals surface area contributed by atoms with Crippen LogP contribution in [0.1, 0.15) is 31.2 Å². The number of thiocarbonyl (C=S) groups is 1. The van der Waals surface area contributed by atoms with Crippen LogP contribution < -0.4 is 10.6 Å². The number of amides is 2. The number of nitrogens with zero attached hydrogens (tertiary/aromatic N) is 3. The number of nitriles is 1. The molecule has 2 fully saturated rings. The van der Waals surface area contributed by atoms with Crippen LogP contribution >= 0.6 is 12.2 Å². The molecule has 10 heteroatoms. The van der Waals surface area contributed by atoms with Crippen LogP contribution in [-0.2, 0) is 16.0 Å². The Morgan fingerprint density at radius 1 is 1.27 bits per heavy atom. The number of benzene rings is 1. The summed E-state index contributed by atoms with van der Waals surface area (Å²) in [7, 11) is 0. The van der Waals surface area contributed by atoms with Gasteiger partial charge < -0.3 is 10.6 Å². The molecular weight excluding hydrogens is 453 g/mol. The topological polar surface area (TPSA) is 90.4 Å². The first kappa shape index (κ1) is 23.0. The third-order valence-electron chi connectivity index (χ3n) is 6.44. The van der Waals surface area contributed by atoms with Gasteiger partial charge in [-0.25, -0.2) is 0 Å². The molecule has 1 aromatic carbocycles. The Morgan fingerprint density at radius 2 is 1.94 bits per heavy atom. The van der Waals surface area contributed by atoms with Gasteiger partial charge in [0.1, 0.15) is 5.54 Å². The van der Waals surface area contributed by atoms with E-state index >= 15 is 0 Å². The molecule has 2 unspecified atom stereocenters. The van der Waals surface area contributed by atoms with E-state index in [1.807, 2.05) is 12.1 Å². The van der Waals surface area contributed by atoms with Crippen molar-refractivity contribution in [1.82, 2.24) is 4.90 Å². The number of alkyl halides is 3. The lowest BCUT2D eigenvalue weighted by Gasteiger charge is -2.43. The summed E-state index contributed by atoms with van der Waals surface area (Å²) in [5, 5.41) is 9.23. The van der Waals surface area contributed by atoms with Gasteiger partial charge in [0.2, 0.25) is 5.91 Å². The summed E-state index contributed by atoms with van der Waals surface area (Å²) >= 11 is 5.61. The zero-order valence-corrected chi connectivity index (χ0v) is 18.3. The van der Waals surface area contributed by atoms with E-state index in [0.29, 0.717) is 24.9 Å². The Kier molecular flexibility index (Phi) is 5.78. The molecule has 1 spiro atoms. The molecule has 2 N–H and O–H groups in total. The Balaban J connectivity index is 1.67. The van der Waals surface area contributed by atoms with E-state index in [1.165, 1.54) is 17.1 Å². The predicted molar refractivity (Wildman–Crippen MR) is 118 cm³/mol. The second-order valence-electron chi connectivity index (χ2n) is 8.45. The maximum absolute atomic E-state index is 13.5. The molecule has 2 atom stereocenters. The second kappa shape index (κ2) is 8.30. The van der Waals surface area contributed by atoms with Crippen LogP contribution in [0, 0.1) is 23.2 Å². The van der Waals surface area contributed by atoms with Crippen LogP contribution in [-0.4, -0.2) is 33.5 Å². The minimum Gasteiger partial charge on any atom is -0.370 e. The first-order chi connectivity index (χ1) is 15.6. The number of primary amides is 1. The van der Waals surface area contributed by atoms with Crippen LogP contribution in [0.2, 0.25) is 0 Å². The van der Waals surface area contributed by atoms with Gasteiger partial charge in [0.25, 0.3) is 5.91 Å². The summed E-state index contributed by atoms with van der Waals surface area (Å²) in [4.78, 5) is 27.4. The lowest BCUT2D eigenvalue weighted by molar-refractivity contribution is -0.166. The molecule has 1 heterocycles. The van der Waals surface area contributed by atoms with Crippen LogP contribution in [0.3, 0.4) is 0 Å². The van der Waals surface area contributed by atoms with Crippen LogP contribution in [0.4, 0.5) is 18.9 Å². The molecule has 0 radical (unpaired) electrons. The molecule has 3 aliphatic rings. The molecule has 1 aliphatic heterocycles.